The second-order valence-electron chi connectivity index (χ2n) is 4.50. The summed E-state index contributed by atoms with van der Waals surface area (Å²) in [6, 6.07) is 9.96. The number of para-hydroxylation sites is 2. The molecule has 0 fully saturated rings. The van der Waals surface area contributed by atoms with E-state index in [0.29, 0.717) is 13.2 Å². The summed E-state index contributed by atoms with van der Waals surface area (Å²) in [5.74, 6) is 1.51. The van der Waals surface area contributed by atoms with E-state index in [2.05, 4.69) is 6.07 Å². The van der Waals surface area contributed by atoms with Crippen molar-refractivity contribution >= 4 is 0 Å². The van der Waals surface area contributed by atoms with E-state index in [9.17, 15) is 0 Å². The Balaban J connectivity index is 2.56. The maximum absolute atomic E-state index is 9.09. The molecule has 0 N–H and O–H groups in total. The van der Waals surface area contributed by atoms with Crippen LogP contribution in [0.15, 0.2) is 24.3 Å². The number of ether oxygens (including phenoxy) is 2. The minimum atomic E-state index is -0.305. The Kier molecular flexibility index (Phi) is 5.51. The fraction of sp³-hybridized carbons (Fsp3) is 0.533. The van der Waals surface area contributed by atoms with Gasteiger partial charge in [-0.15, -0.1) is 0 Å². The molecule has 0 bridgehead atoms. The van der Waals surface area contributed by atoms with Crippen LogP contribution in [0.5, 0.6) is 11.5 Å². The molecule has 0 aliphatic rings. The summed E-state index contributed by atoms with van der Waals surface area (Å²) < 4.78 is 11.2. The Hall–Kier alpha value is -1.69. The number of benzene rings is 1. The molecule has 0 aliphatic heterocycles. The molecule has 0 heterocycles. The minimum Gasteiger partial charge on any atom is -0.490 e. The van der Waals surface area contributed by atoms with Crippen molar-refractivity contribution in [2.75, 3.05) is 13.2 Å². The van der Waals surface area contributed by atoms with Crippen molar-refractivity contribution in [2.45, 2.75) is 33.6 Å². The van der Waals surface area contributed by atoms with E-state index in [1.165, 1.54) is 0 Å². The summed E-state index contributed by atoms with van der Waals surface area (Å²) in [5, 5.41) is 9.09. The highest BCUT2D eigenvalue weighted by Gasteiger charge is 2.21. The molecule has 0 aromatic heterocycles. The summed E-state index contributed by atoms with van der Waals surface area (Å²) in [6.07, 6.45) is 1.56. The first-order valence-electron chi connectivity index (χ1n) is 6.41. The van der Waals surface area contributed by atoms with Crippen LogP contribution in [0.25, 0.3) is 0 Å². The van der Waals surface area contributed by atoms with Gasteiger partial charge in [0, 0.05) is 0 Å². The van der Waals surface area contributed by atoms with Crippen molar-refractivity contribution in [1.29, 1.82) is 5.26 Å². The molecular formula is C15H21NO2. The zero-order chi connectivity index (χ0) is 13.4. The van der Waals surface area contributed by atoms with Crippen LogP contribution in [0.3, 0.4) is 0 Å². The van der Waals surface area contributed by atoms with Gasteiger partial charge in [-0.2, -0.15) is 5.26 Å². The largest absolute Gasteiger partial charge is 0.490 e. The average molecular weight is 247 g/mol. The summed E-state index contributed by atoms with van der Waals surface area (Å²) >= 11 is 0. The van der Waals surface area contributed by atoms with E-state index in [1.807, 2.05) is 45.0 Å². The average Bonchev–Trinajstić information content (AvgIpc) is 2.41. The van der Waals surface area contributed by atoms with Crippen LogP contribution in [0.2, 0.25) is 0 Å². The predicted octanol–water partition coefficient (Wildman–Crippen LogP) is 3.79. The molecule has 0 saturated carbocycles. The third kappa shape index (κ3) is 3.96. The Morgan fingerprint density at radius 3 is 2.28 bits per heavy atom. The molecule has 3 nitrogen and oxygen atoms in total. The van der Waals surface area contributed by atoms with E-state index < -0.39 is 0 Å². The molecule has 1 unspecified atom stereocenters. The molecule has 0 amide bonds. The normalized spacial score (nSPS) is 13.4. The van der Waals surface area contributed by atoms with Gasteiger partial charge in [0.05, 0.1) is 24.7 Å². The molecular weight excluding hydrogens is 226 g/mol. The van der Waals surface area contributed by atoms with Gasteiger partial charge >= 0.3 is 0 Å². The molecule has 1 aromatic rings. The molecule has 98 valence electrons. The number of rotatable bonds is 7. The van der Waals surface area contributed by atoms with E-state index in [0.717, 1.165) is 24.3 Å². The van der Waals surface area contributed by atoms with Gasteiger partial charge in [0.1, 0.15) is 0 Å². The van der Waals surface area contributed by atoms with Crippen LogP contribution >= 0.6 is 0 Å². The first kappa shape index (κ1) is 14.4. The van der Waals surface area contributed by atoms with Crippen molar-refractivity contribution in [3.05, 3.63) is 24.3 Å². The van der Waals surface area contributed by atoms with Crippen LogP contribution in [0.1, 0.15) is 33.6 Å². The summed E-state index contributed by atoms with van der Waals surface area (Å²) in [7, 11) is 0. The van der Waals surface area contributed by atoms with E-state index in [-0.39, 0.29) is 5.41 Å². The standard InChI is InChI=1S/C15H21NO2/c1-4-15(3,12-16)10-11-18-14-9-7-6-8-13(14)17-5-2/h6-9H,4-5,10-11H2,1-3H3. The Morgan fingerprint density at radius 1 is 1.17 bits per heavy atom. The van der Waals surface area contributed by atoms with Gasteiger partial charge in [0.25, 0.3) is 0 Å². The molecule has 3 heteroatoms. The van der Waals surface area contributed by atoms with E-state index in [4.69, 9.17) is 14.7 Å². The van der Waals surface area contributed by atoms with Crippen LogP contribution in [0, 0.1) is 16.7 Å². The lowest BCUT2D eigenvalue weighted by Crippen LogP contribution is -2.16. The second-order valence-corrected chi connectivity index (χ2v) is 4.50. The smallest absolute Gasteiger partial charge is 0.161 e. The number of hydrogen-bond donors (Lipinski definition) is 0. The lowest BCUT2D eigenvalue weighted by atomic mass is 9.86. The summed E-state index contributed by atoms with van der Waals surface area (Å²) in [6.45, 7) is 7.08. The summed E-state index contributed by atoms with van der Waals surface area (Å²) in [5.41, 5.74) is -0.305. The zero-order valence-electron chi connectivity index (χ0n) is 11.4. The SMILES string of the molecule is CCOc1ccccc1OCCC(C)(C#N)CC. The van der Waals surface area contributed by atoms with Gasteiger partial charge in [-0.1, -0.05) is 19.1 Å². The third-order valence-electron chi connectivity index (χ3n) is 3.11. The molecule has 1 aromatic carbocycles. The van der Waals surface area contributed by atoms with Gasteiger partial charge in [0.2, 0.25) is 0 Å². The number of nitriles is 1. The van der Waals surface area contributed by atoms with Gasteiger partial charge < -0.3 is 9.47 Å². The summed E-state index contributed by atoms with van der Waals surface area (Å²) in [4.78, 5) is 0. The molecule has 0 spiro atoms. The Bertz CT molecular complexity index is 411. The van der Waals surface area contributed by atoms with Crippen molar-refractivity contribution in [3.8, 4) is 17.6 Å². The number of hydrogen-bond acceptors (Lipinski definition) is 3. The predicted molar refractivity (Wildman–Crippen MR) is 71.7 cm³/mol. The van der Waals surface area contributed by atoms with Crippen LogP contribution in [-0.4, -0.2) is 13.2 Å². The highest BCUT2D eigenvalue weighted by atomic mass is 16.5. The van der Waals surface area contributed by atoms with Crippen LogP contribution < -0.4 is 9.47 Å². The second kappa shape index (κ2) is 6.90. The van der Waals surface area contributed by atoms with Crippen molar-refractivity contribution in [3.63, 3.8) is 0 Å². The van der Waals surface area contributed by atoms with Crippen molar-refractivity contribution in [2.24, 2.45) is 5.41 Å². The maximum atomic E-state index is 9.09. The minimum absolute atomic E-state index is 0.305. The fourth-order valence-corrected chi connectivity index (χ4v) is 1.54. The first-order valence-corrected chi connectivity index (χ1v) is 6.41. The Labute approximate surface area is 109 Å². The van der Waals surface area contributed by atoms with Gasteiger partial charge in [-0.25, -0.2) is 0 Å². The maximum Gasteiger partial charge on any atom is 0.161 e. The number of nitrogens with zero attached hydrogens (tertiary/aromatic N) is 1. The zero-order valence-corrected chi connectivity index (χ0v) is 11.4. The third-order valence-corrected chi connectivity index (χ3v) is 3.11. The highest BCUT2D eigenvalue weighted by Crippen LogP contribution is 2.29. The topological polar surface area (TPSA) is 42.2 Å². The van der Waals surface area contributed by atoms with Gasteiger partial charge in [-0.05, 0) is 38.8 Å². The van der Waals surface area contributed by atoms with E-state index >= 15 is 0 Å². The monoisotopic (exact) mass is 247 g/mol. The van der Waals surface area contributed by atoms with Gasteiger partial charge in [0.15, 0.2) is 11.5 Å². The quantitative estimate of drug-likeness (QED) is 0.736. The highest BCUT2D eigenvalue weighted by molar-refractivity contribution is 5.39. The molecule has 1 atom stereocenters. The molecule has 0 aliphatic carbocycles. The fourth-order valence-electron chi connectivity index (χ4n) is 1.54. The molecule has 18 heavy (non-hydrogen) atoms. The molecule has 1 rings (SSSR count). The van der Waals surface area contributed by atoms with Crippen LogP contribution in [-0.2, 0) is 0 Å². The molecule has 0 radical (unpaired) electrons. The first-order chi connectivity index (χ1) is 8.65. The van der Waals surface area contributed by atoms with Crippen molar-refractivity contribution in [1.82, 2.24) is 0 Å². The van der Waals surface area contributed by atoms with Crippen molar-refractivity contribution < 1.29 is 9.47 Å². The van der Waals surface area contributed by atoms with Gasteiger partial charge in [-0.3, -0.25) is 0 Å². The molecule has 0 saturated heterocycles. The lowest BCUT2D eigenvalue weighted by molar-refractivity contribution is 0.234. The Morgan fingerprint density at radius 2 is 1.78 bits per heavy atom. The van der Waals surface area contributed by atoms with Crippen LogP contribution in [0.4, 0.5) is 0 Å². The lowest BCUT2D eigenvalue weighted by Gasteiger charge is -2.19. The van der Waals surface area contributed by atoms with E-state index in [1.54, 1.807) is 0 Å².